The molecular formula is C16H17N3O2. The Bertz CT molecular complexity index is 636. The molecule has 3 N–H and O–H groups in total. The minimum Gasteiger partial charge on any atom is -0.488 e. The number of aryl methyl sites for hydroxylation is 1. The van der Waals surface area contributed by atoms with Gasteiger partial charge in [0.25, 0.3) is 0 Å². The number of nitrogens with zero attached hydrogens (tertiary/aromatic N) is 1. The number of hydrogen-bond acceptors (Lipinski definition) is 3. The van der Waals surface area contributed by atoms with Gasteiger partial charge >= 0.3 is 6.03 Å². The lowest BCUT2D eigenvalue weighted by atomic mass is 10.1. The second kappa shape index (κ2) is 7.09. The van der Waals surface area contributed by atoms with E-state index in [9.17, 15) is 4.79 Å². The summed E-state index contributed by atoms with van der Waals surface area (Å²) in [6.45, 7) is 2.51. The molecule has 2 aromatic carbocycles. The van der Waals surface area contributed by atoms with Gasteiger partial charge in [-0.15, -0.1) is 0 Å². The number of carbonyl (C=O) groups excluding carboxylic acids is 1. The summed E-state index contributed by atoms with van der Waals surface area (Å²) < 4.78 is 5.79. The Morgan fingerprint density at radius 3 is 2.67 bits per heavy atom. The molecule has 0 aliphatic heterocycles. The zero-order valence-corrected chi connectivity index (χ0v) is 11.7. The van der Waals surface area contributed by atoms with Gasteiger partial charge in [0.15, 0.2) is 0 Å². The van der Waals surface area contributed by atoms with Crippen LogP contribution in [0.2, 0.25) is 0 Å². The van der Waals surface area contributed by atoms with Crippen LogP contribution in [0.15, 0.2) is 53.6 Å². The third kappa shape index (κ3) is 4.65. The first kappa shape index (κ1) is 14.6. The Labute approximate surface area is 123 Å². The summed E-state index contributed by atoms with van der Waals surface area (Å²) in [4.78, 5) is 10.6. The lowest BCUT2D eigenvalue weighted by molar-refractivity contribution is 0.249. The molecule has 2 amide bonds. The molecule has 0 spiro atoms. The number of carbonyl (C=O) groups is 1. The van der Waals surface area contributed by atoms with Gasteiger partial charge in [-0.05, 0) is 24.6 Å². The van der Waals surface area contributed by atoms with Crippen LogP contribution in [0.4, 0.5) is 4.79 Å². The summed E-state index contributed by atoms with van der Waals surface area (Å²) in [5.74, 6) is 0.688. The maximum absolute atomic E-state index is 10.6. The molecule has 0 radical (unpaired) electrons. The van der Waals surface area contributed by atoms with Crippen LogP contribution in [-0.4, -0.2) is 12.2 Å². The van der Waals surface area contributed by atoms with Crippen molar-refractivity contribution in [3.63, 3.8) is 0 Å². The Morgan fingerprint density at radius 2 is 1.95 bits per heavy atom. The van der Waals surface area contributed by atoms with E-state index in [1.165, 1.54) is 11.8 Å². The van der Waals surface area contributed by atoms with Crippen LogP contribution in [0.5, 0.6) is 5.75 Å². The fourth-order valence-electron chi connectivity index (χ4n) is 1.73. The predicted molar refractivity (Wildman–Crippen MR) is 82.3 cm³/mol. The molecule has 108 valence electrons. The average Bonchev–Trinajstić information content (AvgIpc) is 2.47. The van der Waals surface area contributed by atoms with Crippen LogP contribution >= 0.6 is 0 Å². The van der Waals surface area contributed by atoms with Crippen molar-refractivity contribution in [2.75, 3.05) is 0 Å². The Hall–Kier alpha value is -2.82. The number of urea groups is 1. The fraction of sp³-hybridized carbons (Fsp3) is 0.125. The Balaban J connectivity index is 2.04. The van der Waals surface area contributed by atoms with Crippen molar-refractivity contribution in [2.45, 2.75) is 13.5 Å². The van der Waals surface area contributed by atoms with E-state index in [1.807, 2.05) is 55.5 Å². The molecule has 0 heterocycles. The summed E-state index contributed by atoms with van der Waals surface area (Å²) >= 11 is 0. The quantitative estimate of drug-likeness (QED) is 0.653. The molecule has 0 bridgehead atoms. The van der Waals surface area contributed by atoms with E-state index in [2.05, 4.69) is 10.5 Å². The second-order valence-corrected chi connectivity index (χ2v) is 4.55. The van der Waals surface area contributed by atoms with Crippen molar-refractivity contribution >= 4 is 12.2 Å². The van der Waals surface area contributed by atoms with Crippen LogP contribution < -0.4 is 15.9 Å². The number of nitrogens with two attached hydrogens (primary N) is 1. The lowest BCUT2D eigenvalue weighted by Gasteiger charge is -2.09. The molecule has 2 rings (SSSR count). The van der Waals surface area contributed by atoms with Crippen molar-refractivity contribution in [2.24, 2.45) is 10.8 Å². The zero-order chi connectivity index (χ0) is 15.1. The summed E-state index contributed by atoms with van der Waals surface area (Å²) in [6, 6.07) is 14.9. The molecule has 5 nitrogen and oxygen atoms in total. The third-order valence-electron chi connectivity index (χ3n) is 2.81. The summed E-state index contributed by atoms with van der Waals surface area (Å²) in [7, 11) is 0. The summed E-state index contributed by atoms with van der Waals surface area (Å²) in [5.41, 5.74) is 10.2. The van der Waals surface area contributed by atoms with Gasteiger partial charge in [-0.1, -0.05) is 42.0 Å². The molecule has 0 saturated heterocycles. The monoisotopic (exact) mass is 283 g/mol. The van der Waals surface area contributed by atoms with Crippen LogP contribution in [0.3, 0.4) is 0 Å². The molecule has 0 aliphatic rings. The number of ether oxygens (including phenoxy) is 1. The number of amides is 2. The van der Waals surface area contributed by atoms with E-state index in [1.54, 1.807) is 0 Å². The molecule has 2 aromatic rings. The van der Waals surface area contributed by atoms with Crippen molar-refractivity contribution in [3.05, 3.63) is 65.2 Å². The highest BCUT2D eigenvalue weighted by atomic mass is 16.5. The molecule has 0 aromatic heterocycles. The summed E-state index contributed by atoms with van der Waals surface area (Å²) in [5, 5.41) is 3.74. The van der Waals surface area contributed by atoms with Gasteiger partial charge in [-0.3, -0.25) is 0 Å². The molecule has 0 saturated carbocycles. The van der Waals surface area contributed by atoms with Crippen LogP contribution in [0.1, 0.15) is 16.7 Å². The third-order valence-corrected chi connectivity index (χ3v) is 2.81. The maximum Gasteiger partial charge on any atom is 0.332 e. The molecule has 0 fully saturated rings. The van der Waals surface area contributed by atoms with Crippen molar-refractivity contribution < 1.29 is 9.53 Å². The van der Waals surface area contributed by atoms with Crippen LogP contribution in [0.25, 0.3) is 0 Å². The van der Waals surface area contributed by atoms with Gasteiger partial charge in [0.05, 0.1) is 6.21 Å². The first-order valence-corrected chi connectivity index (χ1v) is 6.51. The highest BCUT2D eigenvalue weighted by Gasteiger charge is 2.01. The first-order chi connectivity index (χ1) is 10.1. The number of primary amides is 1. The average molecular weight is 283 g/mol. The van der Waals surface area contributed by atoms with E-state index < -0.39 is 6.03 Å². The Morgan fingerprint density at radius 1 is 1.24 bits per heavy atom. The number of hydrogen-bond donors (Lipinski definition) is 2. The highest BCUT2D eigenvalue weighted by Crippen LogP contribution is 2.17. The largest absolute Gasteiger partial charge is 0.488 e. The minimum atomic E-state index is -0.704. The zero-order valence-electron chi connectivity index (χ0n) is 11.7. The standard InChI is InChI=1S/C16H17N3O2/c1-12-6-8-13(9-7-12)11-21-15-5-3-2-4-14(15)10-18-19-16(17)20/h2-10H,11H2,1H3,(H3,17,19,20). The minimum absolute atomic E-state index is 0.467. The van der Waals surface area contributed by atoms with Gasteiger partial charge in [-0.25, -0.2) is 10.2 Å². The number of benzene rings is 2. The van der Waals surface area contributed by atoms with E-state index in [0.29, 0.717) is 12.4 Å². The van der Waals surface area contributed by atoms with Crippen LogP contribution in [0, 0.1) is 6.92 Å². The van der Waals surface area contributed by atoms with E-state index in [4.69, 9.17) is 10.5 Å². The Kier molecular flexibility index (Phi) is 4.93. The van der Waals surface area contributed by atoms with E-state index in [-0.39, 0.29) is 0 Å². The second-order valence-electron chi connectivity index (χ2n) is 4.55. The van der Waals surface area contributed by atoms with Crippen LogP contribution in [-0.2, 0) is 6.61 Å². The number of nitrogens with one attached hydrogen (secondary N) is 1. The molecule has 5 heteroatoms. The SMILES string of the molecule is Cc1ccc(COc2ccccc2C=NNC(N)=O)cc1. The lowest BCUT2D eigenvalue weighted by Crippen LogP contribution is -2.24. The van der Waals surface area contributed by atoms with Crippen molar-refractivity contribution in [1.82, 2.24) is 5.43 Å². The topological polar surface area (TPSA) is 76.7 Å². The van der Waals surface area contributed by atoms with Gasteiger partial charge in [0.2, 0.25) is 0 Å². The smallest absolute Gasteiger partial charge is 0.332 e. The normalized spacial score (nSPS) is 10.5. The maximum atomic E-state index is 10.6. The van der Waals surface area contributed by atoms with Gasteiger partial charge in [0, 0.05) is 5.56 Å². The van der Waals surface area contributed by atoms with Gasteiger partial charge in [-0.2, -0.15) is 5.10 Å². The molecule has 21 heavy (non-hydrogen) atoms. The number of rotatable bonds is 5. The van der Waals surface area contributed by atoms with E-state index >= 15 is 0 Å². The summed E-state index contributed by atoms with van der Waals surface area (Å²) in [6.07, 6.45) is 1.50. The highest BCUT2D eigenvalue weighted by molar-refractivity contribution is 5.84. The molecule has 0 atom stereocenters. The van der Waals surface area contributed by atoms with Crippen molar-refractivity contribution in [1.29, 1.82) is 0 Å². The first-order valence-electron chi connectivity index (χ1n) is 6.51. The van der Waals surface area contributed by atoms with Crippen molar-refractivity contribution in [3.8, 4) is 5.75 Å². The predicted octanol–water partition coefficient (Wildman–Crippen LogP) is 2.58. The fourth-order valence-corrected chi connectivity index (χ4v) is 1.73. The molecular weight excluding hydrogens is 266 g/mol. The number of hydrazone groups is 1. The van der Waals surface area contributed by atoms with E-state index in [0.717, 1.165) is 11.1 Å². The van der Waals surface area contributed by atoms with Gasteiger partial charge in [0.1, 0.15) is 12.4 Å². The number of para-hydroxylation sites is 1. The molecule has 0 aliphatic carbocycles. The molecule has 0 unspecified atom stereocenters. The van der Waals surface area contributed by atoms with Gasteiger partial charge < -0.3 is 10.5 Å².